The molecule has 0 bridgehead atoms. The number of hydrogen-bond acceptors (Lipinski definition) is 4. The molecule has 1 aromatic heterocycles. The summed E-state index contributed by atoms with van der Waals surface area (Å²) in [5.74, 6) is -0.997. The molecule has 1 heterocycles. The maximum absolute atomic E-state index is 12.3. The van der Waals surface area contributed by atoms with Gasteiger partial charge in [0.25, 0.3) is 5.91 Å². The first-order valence-corrected chi connectivity index (χ1v) is 7.74. The first kappa shape index (κ1) is 15.5. The lowest BCUT2D eigenvalue weighted by atomic mass is 10.3. The fraction of sp³-hybridized carbons (Fsp3) is 0.500. The van der Waals surface area contributed by atoms with Crippen molar-refractivity contribution in [2.24, 2.45) is 5.92 Å². The van der Waals surface area contributed by atoms with Gasteiger partial charge in [-0.1, -0.05) is 0 Å². The summed E-state index contributed by atoms with van der Waals surface area (Å²) in [7, 11) is 0. The predicted octanol–water partition coefficient (Wildman–Crippen LogP) is 2.03. The third kappa shape index (κ3) is 4.29. The summed E-state index contributed by atoms with van der Waals surface area (Å²) in [5, 5.41) is 12.1. The molecule has 1 aliphatic rings. The Morgan fingerprint density at radius 3 is 2.67 bits per heavy atom. The van der Waals surface area contributed by atoms with Gasteiger partial charge in [0.2, 0.25) is 5.91 Å². The van der Waals surface area contributed by atoms with Crippen LogP contribution in [-0.2, 0) is 9.59 Å². The second kappa shape index (κ2) is 6.71. The molecule has 114 valence electrons. The summed E-state index contributed by atoms with van der Waals surface area (Å²) in [6.07, 6.45) is 1.79. The summed E-state index contributed by atoms with van der Waals surface area (Å²) in [4.78, 5) is 36.5. The lowest BCUT2D eigenvalue weighted by Gasteiger charge is -2.18. The number of hydrogen-bond donors (Lipinski definition) is 2. The lowest BCUT2D eigenvalue weighted by Crippen LogP contribution is -2.32. The van der Waals surface area contributed by atoms with Crippen molar-refractivity contribution >= 4 is 34.1 Å². The fourth-order valence-corrected chi connectivity index (χ4v) is 2.76. The number of nitrogens with zero attached hydrogens (tertiary/aromatic N) is 1. The molecule has 0 saturated heterocycles. The van der Waals surface area contributed by atoms with Crippen LogP contribution >= 0.6 is 11.3 Å². The topological polar surface area (TPSA) is 86.7 Å². The van der Waals surface area contributed by atoms with Gasteiger partial charge in [0.05, 0.1) is 16.3 Å². The number of amides is 2. The van der Waals surface area contributed by atoms with Crippen LogP contribution in [0.25, 0.3) is 0 Å². The van der Waals surface area contributed by atoms with Gasteiger partial charge < -0.3 is 15.3 Å². The van der Waals surface area contributed by atoms with Crippen molar-refractivity contribution in [3.63, 3.8) is 0 Å². The van der Waals surface area contributed by atoms with Crippen LogP contribution in [0.15, 0.2) is 12.1 Å². The summed E-state index contributed by atoms with van der Waals surface area (Å²) in [5.41, 5.74) is 0. The van der Waals surface area contributed by atoms with Crippen molar-refractivity contribution in [3.05, 3.63) is 17.0 Å². The third-order valence-corrected chi connectivity index (χ3v) is 4.26. The Balaban J connectivity index is 1.96. The van der Waals surface area contributed by atoms with Crippen LogP contribution in [-0.4, -0.2) is 40.9 Å². The van der Waals surface area contributed by atoms with Gasteiger partial charge in [0, 0.05) is 19.0 Å². The van der Waals surface area contributed by atoms with Gasteiger partial charge in [-0.2, -0.15) is 0 Å². The van der Waals surface area contributed by atoms with E-state index in [2.05, 4.69) is 5.32 Å². The molecular formula is C14H18N2O4S. The Hall–Kier alpha value is -1.89. The van der Waals surface area contributed by atoms with Crippen LogP contribution < -0.4 is 5.32 Å². The Morgan fingerprint density at radius 2 is 2.10 bits per heavy atom. The number of nitrogens with one attached hydrogen (secondary N) is 1. The number of anilines is 1. The highest BCUT2D eigenvalue weighted by molar-refractivity contribution is 7.18. The van der Waals surface area contributed by atoms with E-state index in [0.717, 1.165) is 12.8 Å². The molecule has 2 rings (SSSR count). The minimum Gasteiger partial charge on any atom is -0.481 e. The van der Waals surface area contributed by atoms with Crippen molar-refractivity contribution < 1.29 is 19.5 Å². The number of rotatable bonds is 7. The van der Waals surface area contributed by atoms with Crippen molar-refractivity contribution in [2.45, 2.75) is 26.2 Å². The predicted molar refractivity (Wildman–Crippen MR) is 79.5 cm³/mol. The standard InChI is InChI=1S/C14H18N2O4S/c1-2-16(8-7-12(17)18)14(20)10-5-6-11(21-10)15-13(19)9-3-4-9/h5-6,9H,2-4,7-8H2,1H3,(H,15,19)(H,17,18). The highest BCUT2D eigenvalue weighted by Crippen LogP contribution is 2.31. The second-order valence-electron chi connectivity index (χ2n) is 4.96. The molecule has 2 amide bonds. The van der Waals surface area contributed by atoms with E-state index in [4.69, 9.17) is 5.11 Å². The SMILES string of the molecule is CCN(CCC(=O)O)C(=O)c1ccc(NC(=O)C2CC2)s1. The molecule has 6 nitrogen and oxygen atoms in total. The van der Waals surface area contributed by atoms with Crippen LogP contribution in [0, 0.1) is 5.92 Å². The molecule has 21 heavy (non-hydrogen) atoms. The van der Waals surface area contributed by atoms with Crippen molar-refractivity contribution in [1.82, 2.24) is 4.90 Å². The van der Waals surface area contributed by atoms with Gasteiger partial charge in [-0.05, 0) is 31.9 Å². The van der Waals surface area contributed by atoms with Crippen LogP contribution in [0.4, 0.5) is 5.00 Å². The van der Waals surface area contributed by atoms with E-state index in [1.807, 2.05) is 6.92 Å². The average Bonchev–Trinajstić information content (AvgIpc) is 3.19. The number of carbonyl (C=O) groups is 3. The number of aliphatic carboxylic acids is 1. The minimum absolute atomic E-state index is 0.00840. The molecule has 1 fully saturated rings. The maximum Gasteiger partial charge on any atom is 0.305 e. The molecular weight excluding hydrogens is 292 g/mol. The van der Waals surface area contributed by atoms with Gasteiger partial charge in [-0.15, -0.1) is 11.3 Å². The normalized spacial score (nSPS) is 13.8. The molecule has 0 aliphatic heterocycles. The second-order valence-corrected chi connectivity index (χ2v) is 6.04. The quantitative estimate of drug-likeness (QED) is 0.807. The molecule has 1 saturated carbocycles. The molecule has 0 radical (unpaired) electrons. The lowest BCUT2D eigenvalue weighted by molar-refractivity contribution is -0.137. The summed E-state index contributed by atoms with van der Waals surface area (Å²) < 4.78 is 0. The molecule has 0 atom stereocenters. The van der Waals surface area contributed by atoms with Gasteiger partial charge in [0.15, 0.2) is 0 Å². The van der Waals surface area contributed by atoms with Gasteiger partial charge in [-0.3, -0.25) is 14.4 Å². The number of carboxylic acids is 1. The largest absolute Gasteiger partial charge is 0.481 e. The zero-order valence-electron chi connectivity index (χ0n) is 11.8. The van der Waals surface area contributed by atoms with E-state index in [9.17, 15) is 14.4 Å². The third-order valence-electron chi connectivity index (χ3n) is 3.28. The molecule has 0 aromatic carbocycles. The Bertz CT molecular complexity index is 551. The van der Waals surface area contributed by atoms with Crippen molar-refractivity contribution in [2.75, 3.05) is 18.4 Å². The minimum atomic E-state index is -0.926. The molecule has 7 heteroatoms. The van der Waals surface area contributed by atoms with E-state index in [0.29, 0.717) is 16.4 Å². The summed E-state index contributed by atoms with van der Waals surface area (Å²) in [6.45, 7) is 2.45. The highest BCUT2D eigenvalue weighted by atomic mass is 32.1. The Morgan fingerprint density at radius 1 is 1.38 bits per heavy atom. The van der Waals surface area contributed by atoms with Crippen LogP contribution in [0.3, 0.4) is 0 Å². The van der Waals surface area contributed by atoms with Crippen LogP contribution in [0.2, 0.25) is 0 Å². The fourth-order valence-electron chi connectivity index (χ4n) is 1.88. The van der Waals surface area contributed by atoms with E-state index >= 15 is 0 Å². The Kier molecular flexibility index (Phi) is 4.95. The molecule has 0 spiro atoms. The average molecular weight is 310 g/mol. The van der Waals surface area contributed by atoms with Crippen LogP contribution in [0.1, 0.15) is 35.9 Å². The smallest absolute Gasteiger partial charge is 0.305 e. The highest BCUT2D eigenvalue weighted by Gasteiger charge is 2.30. The molecule has 2 N–H and O–H groups in total. The Labute approximate surface area is 126 Å². The number of carbonyl (C=O) groups excluding carboxylic acids is 2. The zero-order valence-corrected chi connectivity index (χ0v) is 12.6. The van der Waals surface area contributed by atoms with Gasteiger partial charge in [-0.25, -0.2) is 0 Å². The van der Waals surface area contributed by atoms with Gasteiger partial charge >= 0.3 is 5.97 Å². The van der Waals surface area contributed by atoms with E-state index in [-0.39, 0.29) is 30.7 Å². The van der Waals surface area contributed by atoms with E-state index in [1.54, 1.807) is 12.1 Å². The van der Waals surface area contributed by atoms with Crippen molar-refractivity contribution in [3.8, 4) is 0 Å². The van der Waals surface area contributed by atoms with Crippen LogP contribution in [0.5, 0.6) is 0 Å². The monoisotopic (exact) mass is 310 g/mol. The maximum atomic E-state index is 12.3. The first-order valence-electron chi connectivity index (χ1n) is 6.93. The molecule has 1 aliphatic carbocycles. The van der Waals surface area contributed by atoms with Crippen molar-refractivity contribution in [1.29, 1.82) is 0 Å². The summed E-state index contributed by atoms with van der Waals surface area (Å²) >= 11 is 1.22. The zero-order chi connectivity index (χ0) is 15.4. The van der Waals surface area contributed by atoms with E-state index < -0.39 is 5.97 Å². The first-order chi connectivity index (χ1) is 10.0. The van der Waals surface area contributed by atoms with Gasteiger partial charge in [0.1, 0.15) is 0 Å². The number of thiophene rings is 1. The molecule has 1 aromatic rings. The number of carboxylic acid groups (broad SMARTS) is 1. The molecule has 0 unspecified atom stereocenters. The van der Waals surface area contributed by atoms with E-state index in [1.165, 1.54) is 16.2 Å². The summed E-state index contributed by atoms with van der Waals surface area (Å²) in [6, 6.07) is 3.38.